The van der Waals surface area contributed by atoms with Gasteiger partial charge in [0.05, 0.1) is 0 Å². The molecule has 16 heavy (non-hydrogen) atoms. The van der Waals surface area contributed by atoms with E-state index in [9.17, 15) is 0 Å². The first kappa shape index (κ1) is 14.8. The first-order chi connectivity index (χ1) is 6.89. The molecule has 0 aliphatic heterocycles. The molecule has 0 saturated carbocycles. The summed E-state index contributed by atoms with van der Waals surface area (Å²) in [5, 5.41) is 7.07. The van der Waals surface area contributed by atoms with Crippen LogP contribution in [-0.4, -0.2) is 12.4 Å². The highest BCUT2D eigenvalue weighted by Gasteiger charge is 2.13. The third-order valence-electron chi connectivity index (χ3n) is 2.09. The van der Waals surface area contributed by atoms with Gasteiger partial charge in [0.1, 0.15) is 18.2 Å². The van der Waals surface area contributed by atoms with Crippen LogP contribution in [0.3, 0.4) is 0 Å². The smallest absolute Gasteiger partial charge is 0.145 e. The number of halogens is 1. The molecule has 3 nitrogen and oxygen atoms in total. The molecule has 3 N–H and O–H groups in total. The van der Waals surface area contributed by atoms with Gasteiger partial charge in [-0.3, -0.25) is 5.41 Å². The Labute approximate surface area is 103 Å². The van der Waals surface area contributed by atoms with Crippen molar-refractivity contribution in [2.45, 2.75) is 26.2 Å². The quantitative estimate of drug-likeness (QED) is 0.633. The molecular weight excluding hydrogens is 224 g/mol. The Hall–Kier alpha value is -1.22. The zero-order valence-corrected chi connectivity index (χ0v) is 10.7. The Morgan fingerprint density at radius 2 is 2.00 bits per heavy atom. The highest BCUT2D eigenvalue weighted by atomic mass is 35.5. The Bertz CT molecular complexity index is 358. The van der Waals surface area contributed by atoms with E-state index in [1.165, 1.54) is 5.56 Å². The summed E-state index contributed by atoms with van der Waals surface area (Å²) in [6, 6.07) is 7.89. The Morgan fingerprint density at radius 1 is 1.38 bits per heavy atom. The Morgan fingerprint density at radius 3 is 2.50 bits per heavy atom. The Balaban J connectivity index is 0.00000225. The van der Waals surface area contributed by atoms with Crippen LogP contribution in [0.25, 0.3) is 0 Å². The fourth-order valence-corrected chi connectivity index (χ4v) is 1.21. The SMILES string of the molecule is CC(C)(C)c1cccc(OCC(=N)N)c1.Cl. The third-order valence-corrected chi connectivity index (χ3v) is 2.09. The predicted octanol–water partition coefficient (Wildman–Crippen LogP) is 2.72. The summed E-state index contributed by atoms with van der Waals surface area (Å²) >= 11 is 0. The number of nitrogens with two attached hydrogens (primary N) is 1. The van der Waals surface area contributed by atoms with Crippen molar-refractivity contribution in [3.8, 4) is 5.75 Å². The van der Waals surface area contributed by atoms with Gasteiger partial charge < -0.3 is 10.5 Å². The van der Waals surface area contributed by atoms with Gasteiger partial charge in [0.15, 0.2) is 0 Å². The molecule has 1 aromatic carbocycles. The second kappa shape index (κ2) is 5.75. The predicted molar refractivity (Wildman–Crippen MR) is 69.8 cm³/mol. The number of hydrogen-bond acceptors (Lipinski definition) is 2. The van der Waals surface area contributed by atoms with Crippen LogP contribution in [-0.2, 0) is 5.41 Å². The van der Waals surface area contributed by atoms with Crippen molar-refractivity contribution in [3.63, 3.8) is 0 Å². The van der Waals surface area contributed by atoms with E-state index >= 15 is 0 Å². The summed E-state index contributed by atoms with van der Waals surface area (Å²) < 4.78 is 5.35. The fourth-order valence-electron chi connectivity index (χ4n) is 1.21. The molecule has 1 rings (SSSR count). The second-order valence-corrected chi connectivity index (χ2v) is 4.59. The summed E-state index contributed by atoms with van der Waals surface area (Å²) in [6.45, 7) is 6.60. The van der Waals surface area contributed by atoms with Gasteiger partial charge >= 0.3 is 0 Å². The van der Waals surface area contributed by atoms with E-state index in [0.717, 1.165) is 5.75 Å². The fraction of sp³-hybridized carbons (Fsp3) is 0.417. The van der Waals surface area contributed by atoms with Crippen LogP contribution in [0.2, 0.25) is 0 Å². The van der Waals surface area contributed by atoms with Crippen molar-refractivity contribution >= 4 is 18.2 Å². The molecule has 90 valence electrons. The third kappa shape index (κ3) is 4.53. The molecule has 0 unspecified atom stereocenters. The van der Waals surface area contributed by atoms with Gasteiger partial charge in [0, 0.05) is 0 Å². The van der Waals surface area contributed by atoms with E-state index in [2.05, 4.69) is 26.8 Å². The molecule has 0 aliphatic rings. The minimum Gasteiger partial charge on any atom is -0.486 e. The van der Waals surface area contributed by atoms with Crippen LogP contribution in [0.15, 0.2) is 24.3 Å². The van der Waals surface area contributed by atoms with Crippen LogP contribution in [0.4, 0.5) is 0 Å². The van der Waals surface area contributed by atoms with Gasteiger partial charge in [-0.15, -0.1) is 12.4 Å². The van der Waals surface area contributed by atoms with Gasteiger partial charge in [-0.05, 0) is 23.1 Å². The molecule has 1 aromatic rings. The Kier molecular flexibility index (Phi) is 5.31. The monoisotopic (exact) mass is 242 g/mol. The first-order valence-electron chi connectivity index (χ1n) is 4.96. The second-order valence-electron chi connectivity index (χ2n) is 4.59. The lowest BCUT2D eigenvalue weighted by molar-refractivity contribution is 0.373. The van der Waals surface area contributed by atoms with Crippen LogP contribution in [0.5, 0.6) is 5.75 Å². The summed E-state index contributed by atoms with van der Waals surface area (Å²) in [6.07, 6.45) is 0. The van der Waals surface area contributed by atoms with Crippen molar-refractivity contribution in [1.29, 1.82) is 5.41 Å². The zero-order chi connectivity index (χ0) is 11.5. The van der Waals surface area contributed by atoms with Gasteiger partial charge in [0.2, 0.25) is 0 Å². The summed E-state index contributed by atoms with van der Waals surface area (Å²) in [5.41, 5.74) is 6.54. The maximum Gasteiger partial charge on any atom is 0.145 e. The van der Waals surface area contributed by atoms with Crippen molar-refractivity contribution < 1.29 is 4.74 Å². The first-order valence-corrected chi connectivity index (χ1v) is 4.96. The number of rotatable bonds is 3. The van der Waals surface area contributed by atoms with E-state index in [0.29, 0.717) is 0 Å². The minimum absolute atomic E-state index is 0. The highest BCUT2D eigenvalue weighted by Crippen LogP contribution is 2.25. The number of nitrogens with one attached hydrogen (secondary N) is 1. The number of amidine groups is 1. The summed E-state index contributed by atoms with van der Waals surface area (Å²) in [4.78, 5) is 0. The average Bonchev–Trinajstić information content (AvgIpc) is 2.14. The minimum atomic E-state index is 0. The van der Waals surface area contributed by atoms with E-state index in [4.69, 9.17) is 15.9 Å². The lowest BCUT2D eigenvalue weighted by Crippen LogP contribution is -2.19. The van der Waals surface area contributed by atoms with Crippen LogP contribution < -0.4 is 10.5 Å². The van der Waals surface area contributed by atoms with Gasteiger partial charge in [-0.1, -0.05) is 32.9 Å². The summed E-state index contributed by atoms with van der Waals surface area (Å²) in [7, 11) is 0. The number of hydrogen-bond donors (Lipinski definition) is 2. The topological polar surface area (TPSA) is 59.1 Å². The van der Waals surface area contributed by atoms with Crippen LogP contribution in [0, 0.1) is 5.41 Å². The molecule has 0 fully saturated rings. The molecular formula is C12H19ClN2O. The van der Waals surface area contributed by atoms with E-state index in [-0.39, 0.29) is 30.3 Å². The normalized spacial score (nSPS) is 10.4. The maximum atomic E-state index is 7.07. The van der Waals surface area contributed by atoms with Crippen molar-refractivity contribution in [1.82, 2.24) is 0 Å². The molecule has 0 heterocycles. The number of benzene rings is 1. The molecule has 0 aliphatic carbocycles. The number of ether oxygens (including phenoxy) is 1. The van der Waals surface area contributed by atoms with Gasteiger partial charge in [0.25, 0.3) is 0 Å². The van der Waals surface area contributed by atoms with Crippen molar-refractivity contribution in [2.75, 3.05) is 6.61 Å². The largest absolute Gasteiger partial charge is 0.486 e. The van der Waals surface area contributed by atoms with Gasteiger partial charge in [-0.25, -0.2) is 0 Å². The van der Waals surface area contributed by atoms with Crippen molar-refractivity contribution in [2.24, 2.45) is 5.73 Å². The van der Waals surface area contributed by atoms with E-state index in [1.807, 2.05) is 18.2 Å². The maximum absolute atomic E-state index is 7.07. The molecule has 0 atom stereocenters. The van der Waals surface area contributed by atoms with E-state index < -0.39 is 0 Å². The molecule has 0 amide bonds. The van der Waals surface area contributed by atoms with Crippen molar-refractivity contribution in [3.05, 3.63) is 29.8 Å². The molecule has 4 heteroatoms. The highest BCUT2D eigenvalue weighted by molar-refractivity contribution is 5.85. The van der Waals surface area contributed by atoms with Crippen LogP contribution >= 0.6 is 12.4 Å². The molecule has 0 spiro atoms. The molecule has 0 aromatic heterocycles. The van der Waals surface area contributed by atoms with Gasteiger partial charge in [-0.2, -0.15) is 0 Å². The summed E-state index contributed by atoms with van der Waals surface area (Å²) in [5.74, 6) is 0.800. The zero-order valence-electron chi connectivity index (χ0n) is 9.91. The molecule has 0 saturated heterocycles. The molecule has 0 radical (unpaired) electrons. The standard InChI is InChI=1S/C12H18N2O.ClH/c1-12(2,3)9-5-4-6-10(7-9)15-8-11(13)14;/h4-7H,8H2,1-3H3,(H3,13,14);1H. The lowest BCUT2D eigenvalue weighted by Gasteiger charge is -2.19. The average molecular weight is 243 g/mol. The lowest BCUT2D eigenvalue weighted by atomic mass is 9.87. The van der Waals surface area contributed by atoms with Crippen LogP contribution in [0.1, 0.15) is 26.3 Å². The molecule has 0 bridgehead atoms. The van der Waals surface area contributed by atoms with E-state index in [1.54, 1.807) is 0 Å².